The van der Waals surface area contributed by atoms with Crippen molar-refractivity contribution in [3.63, 3.8) is 0 Å². The fourth-order valence-electron chi connectivity index (χ4n) is 2.39. The van der Waals surface area contributed by atoms with Crippen LogP contribution in [-0.4, -0.2) is 16.0 Å². The first-order valence-corrected chi connectivity index (χ1v) is 8.35. The molecule has 0 bridgehead atoms. The maximum atomic E-state index is 12.1. The van der Waals surface area contributed by atoms with E-state index in [1.807, 2.05) is 44.2 Å². The van der Waals surface area contributed by atoms with Gasteiger partial charge >= 0.3 is 0 Å². The third-order valence-electron chi connectivity index (χ3n) is 4.02. The normalized spacial score (nSPS) is 10.7. The minimum absolute atomic E-state index is 0.0834. The van der Waals surface area contributed by atoms with Gasteiger partial charge in [-0.2, -0.15) is 4.98 Å². The predicted octanol–water partition coefficient (Wildman–Crippen LogP) is 4.58. The van der Waals surface area contributed by atoms with Crippen LogP contribution in [0.3, 0.4) is 0 Å². The van der Waals surface area contributed by atoms with Crippen LogP contribution < -0.4 is 5.32 Å². The van der Waals surface area contributed by atoms with Crippen molar-refractivity contribution >= 4 is 23.2 Å². The second-order valence-electron chi connectivity index (χ2n) is 5.81. The second kappa shape index (κ2) is 7.49. The molecule has 25 heavy (non-hydrogen) atoms. The molecule has 0 saturated carbocycles. The molecule has 3 aromatic rings. The molecule has 0 fully saturated rings. The smallest absolute Gasteiger partial charge is 0.227 e. The van der Waals surface area contributed by atoms with E-state index in [0.29, 0.717) is 23.2 Å². The monoisotopic (exact) mass is 355 g/mol. The molecular weight excluding hydrogens is 338 g/mol. The highest BCUT2D eigenvalue weighted by atomic mass is 35.5. The SMILES string of the molecule is Cc1cccc(NC(=O)CCc2nc(-c3ccc(Cl)cc3)no2)c1C. The van der Waals surface area contributed by atoms with Gasteiger partial charge in [-0.1, -0.05) is 28.9 Å². The standard InChI is InChI=1S/C19H18ClN3O2/c1-12-4-3-5-16(13(12)2)21-17(24)10-11-18-22-19(23-25-18)14-6-8-15(20)9-7-14/h3-9H,10-11H2,1-2H3,(H,21,24). The van der Waals surface area contributed by atoms with Crippen molar-refractivity contribution in [3.8, 4) is 11.4 Å². The van der Waals surface area contributed by atoms with E-state index in [-0.39, 0.29) is 12.3 Å². The zero-order valence-corrected chi connectivity index (χ0v) is 14.8. The Morgan fingerprint density at radius 1 is 1.16 bits per heavy atom. The molecule has 0 saturated heterocycles. The van der Waals surface area contributed by atoms with Crippen molar-refractivity contribution in [1.82, 2.24) is 10.1 Å². The van der Waals surface area contributed by atoms with Crippen LogP contribution in [0.25, 0.3) is 11.4 Å². The van der Waals surface area contributed by atoms with Gasteiger partial charge in [0.1, 0.15) is 0 Å². The van der Waals surface area contributed by atoms with E-state index >= 15 is 0 Å². The van der Waals surface area contributed by atoms with Gasteiger partial charge in [-0.05, 0) is 55.3 Å². The van der Waals surface area contributed by atoms with Gasteiger partial charge in [-0.15, -0.1) is 0 Å². The fourth-order valence-corrected chi connectivity index (χ4v) is 2.52. The van der Waals surface area contributed by atoms with E-state index in [9.17, 15) is 4.79 Å². The van der Waals surface area contributed by atoms with Crippen molar-refractivity contribution in [2.24, 2.45) is 0 Å². The Hall–Kier alpha value is -2.66. The van der Waals surface area contributed by atoms with Gasteiger partial charge in [0.25, 0.3) is 0 Å². The number of rotatable bonds is 5. The minimum Gasteiger partial charge on any atom is -0.339 e. The molecule has 128 valence electrons. The second-order valence-corrected chi connectivity index (χ2v) is 6.25. The third kappa shape index (κ3) is 4.25. The molecule has 1 aromatic heterocycles. The lowest BCUT2D eigenvalue weighted by atomic mass is 10.1. The molecule has 1 N–H and O–H groups in total. The molecule has 0 unspecified atom stereocenters. The number of amides is 1. The number of hydrogen-bond donors (Lipinski definition) is 1. The van der Waals surface area contributed by atoms with Gasteiger partial charge < -0.3 is 9.84 Å². The average Bonchev–Trinajstić information content (AvgIpc) is 3.07. The number of anilines is 1. The van der Waals surface area contributed by atoms with Crippen LogP contribution in [0, 0.1) is 13.8 Å². The van der Waals surface area contributed by atoms with Gasteiger partial charge in [0.2, 0.25) is 17.6 Å². The van der Waals surface area contributed by atoms with Gasteiger partial charge in [0.05, 0.1) is 0 Å². The first-order valence-electron chi connectivity index (χ1n) is 7.97. The quantitative estimate of drug-likeness (QED) is 0.727. The Morgan fingerprint density at radius 3 is 2.68 bits per heavy atom. The van der Waals surface area contributed by atoms with Crippen LogP contribution in [0.5, 0.6) is 0 Å². The molecule has 6 heteroatoms. The van der Waals surface area contributed by atoms with E-state index in [0.717, 1.165) is 22.4 Å². The summed E-state index contributed by atoms with van der Waals surface area (Å²) in [7, 11) is 0. The number of hydrogen-bond acceptors (Lipinski definition) is 4. The number of nitrogens with zero attached hydrogens (tertiary/aromatic N) is 2. The number of benzene rings is 2. The van der Waals surface area contributed by atoms with Gasteiger partial charge in [0.15, 0.2) is 0 Å². The lowest BCUT2D eigenvalue weighted by Crippen LogP contribution is -2.13. The van der Waals surface area contributed by atoms with Crippen LogP contribution in [0.1, 0.15) is 23.4 Å². The van der Waals surface area contributed by atoms with E-state index in [1.165, 1.54) is 0 Å². The summed E-state index contributed by atoms with van der Waals surface area (Å²) in [5, 5.41) is 7.51. The molecule has 0 atom stereocenters. The third-order valence-corrected chi connectivity index (χ3v) is 4.27. The Morgan fingerprint density at radius 2 is 1.92 bits per heavy atom. The molecule has 0 aliphatic rings. The molecule has 2 aromatic carbocycles. The average molecular weight is 356 g/mol. The van der Waals surface area contributed by atoms with Crippen molar-refractivity contribution < 1.29 is 9.32 Å². The fraction of sp³-hybridized carbons (Fsp3) is 0.211. The highest BCUT2D eigenvalue weighted by Crippen LogP contribution is 2.20. The number of halogens is 1. The van der Waals surface area contributed by atoms with Crippen molar-refractivity contribution in [3.05, 3.63) is 64.5 Å². The molecular formula is C19H18ClN3O2. The van der Waals surface area contributed by atoms with E-state index in [4.69, 9.17) is 16.1 Å². The summed E-state index contributed by atoms with van der Waals surface area (Å²) >= 11 is 5.87. The Bertz CT molecular complexity index is 888. The number of aromatic nitrogens is 2. The summed E-state index contributed by atoms with van der Waals surface area (Å²) in [5.74, 6) is 0.836. The predicted molar refractivity (Wildman–Crippen MR) is 97.6 cm³/mol. The Kier molecular flexibility index (Phi) is 5.14. The van der Waals surface area contributed by atoms with E-state index in [2.05, 4.69) is 15.5 Å². The summed E-state index contributed by atoms with van der Waals surface area (Å²) in [6.07, 6.45) is 0.660. The summed E-state index contributed by atoms with van der Waals surface area (Å²) < 4.78 is 5.22. The number of carbonyl (C=O) groups is 1. The molecule has 5 nitrogen and oxygen atoms in total. The van der Waals surface area contributed by atoms with Crippen LogP contribution >= 0.6 is 11.6 Å². The van der Waals surface area contributed by atoms with Crippen LogP contribution in [0.15, 0.2) is 47.0 Å². The molecule has 1 heterocycles. The van der Waals surface area contributed by atoms with Crippen molar-refractivity contribution in [1.29, 1.82) is 0 Å². The molecule has 0 aliphatic heterocycles. The maximum absolute atomic E-state index is 12.1. The number of carbonyl (C=O) groups excluding carboxylic acids is 1. The number of nitrogens with one attached hydrogen (secondary N) is 1. The minimum atomic E-state index is -0.0834. The summed E-state index contributed by atoms with van der Waals surface area (Å²) in [6.45, 7) is 4.00. The van der Waals surface area contributed by atoms with E-state index < -0.39 is 0 Å². The zero-order chi connectivity index (χ0) is 17.8. The van der Waals surface area contributed by atoms with Crippen LogP contribution in [-0.2, 0) is 11.2 Å². The summed E-state index contributed by atoms with van der Waals surface area (Å²) in [4.78, 5) is 16.5. The number of aryl methyl sites for hydroxylation is 2. The largest absolute Gasteiger partial charge is 0.339 e. The van der Waals surface area contributed by atoms with E-state index in [1.54, 1.807) is 12.1 Å². The van der Waals surface area contributed by atoms with Gasteiger partial charge in [-0.25, -0.2) is 0 Å². The highest BCUT2D eigenvalue weighted by molar-refractivity contribution is 6.30. The van der Waals surface area contributed by atoms with Crippen molar-refractivity contribution in [2.45, 2.75) is 26.7 Å². The highest BCUT2D eigenvalue weighted by Gasteiger charge is 2.11. The van der Waals surface area contributed by atoms with Crippen molar-refractivity contribution in [2.75, 3.05) is 5.32 Å². The summed E-state index contributed by atoms with van der Waals surface area (Å²) in [6, 6.07) is 13.0. The lowest BCUT2D eigenvalue weighted by molar-refractivity contribution is -0.116. The van der Waals surface area contributed by atoms with Crippen LogP contribution in [0.4, 0.5) is 5.69 Å². The Balaban J connectivity index is 1.59. The first-order chi connectivity index (χ1) is 12.0. The molecule has 0 aliphatic carbocycles. The Labute approximate surface area is 151 Å². The molecule has 3 rings (SSSR count). The van der Waals surface area contributed by atoms with Gasteiger partial charge in [-0.3, -0.25) is 4.79 Å². The first kappa shape index (κ1) is 17.2. The maximum Gasteiger partial charge on any atom is 0.227 e. The lowest BCUT2D eigenvalue weighted by Gasteiger charge is -2.09. The molecule has 1 amide bonds. The zero-order valence-electron chi connectivity index (χ0n) is 14.0. The van der Waals surface area contributed by atoms with Gasteiger partial charge in [0, 0.05) is 29.1 Å². The molecule has 0 radical (unpaired) electrons. The summed E-state index contributed by atoms with van der Waals surface area (Å²) in [5.41, 5.74) is 3.86. The topological polar surface area (TPSA) is 68.0 Å². The van der Waals surface area contributed by atoms with Crippen LogP contribution in [0.2, 0.25) is 5.02 Å². The molecule has 0 spiro atoms.